The van der Waals surface area contributed by atoms with Gasteiger partial charge in [0.1, 0.15) is 0 Å². The highest BCUT2D eigenvalue weighted by Crippen LogP contribution is 2.18. The minimum atomic E-state index is -0.0130. The van der Waals surface area contributed by atoms with E-state index in [1.165, 1.54) is 5.56 Å². The Morgan fingerprint density at radius 2 is 2.22 bits per heavy atom. The molecule has 0 amide bonds. The summed E-state index contributed by atoms with van der Waals surface area (Å²) in [5.74, 6) is 5.62. The molecule has 0 fully saturated rings. The van der Waals surface area contributed by atoms with E-state index in [0.717, 1.165) is 22.2 Å². The number of halogens is 1. The smallest absolute Gasteiger partial charge is 0.0673 e. The summed E-state index contributed by atoms with van der Waals surface area (Å²) in [6, 6.07) is 6.03. The Balaban J connectivity index is 2.19. The molecule has 0 saturated carbocycles. The van der Waals surface area contributed by atoms with Crippen molar-refractivity contribution >= 4 is 15.9 Å². The summed E-state index contributed by atoms with van der Waals surface area (Å²) in [7, 11) is 0. The number of aryl methyl sites for hydroxylation is 1. The Bertz CT molecular complexity index is 530. The predicted octanol–water partition coefficient (Wildman–Crippen LogP) is 2.29. The van der Waals surface area contributed by atoms with Gasteiger partial charge >= 0.3 is 0 Å². The van der Waals surface area contributed by atoms with Gasteiger partial charge in [0.25, 0.3) is 0 Å². The molecule has 0 aliphatic rings. The molecule has 1 atom stereocenters. The molecule has 0 radical (unpaired) electrons. The Morgan fingerprint density at radius 1 is 1.39 bits per heavy atom. The number of hydrogen-bond donors (Lipinski definition) is 2. The number of rotatable bonds is 4. The highest BCUT2D eigenvalue weighted by molar-refractivity contribution is 9.10. The van der Waals surface area contributed by atoms with Crippen LogP contribution in [0.25, 0.3) is 0 Å². The van der Waals surface area contributed by atoms with E-state index in [-0.39, 0.29) is 6.04 Å². The third-order valence-corrected chi connectivity index (χ3v) is 3.13. The van der Waals surface area contributed by atoms with Gasteiger partial charge in [-0.3, -0.25) is 21.2 Å². The molecule has 0 saturated heterocycles. The van der Waals surface area contributed by atoms with Crippen LogP contribution in [0.5, 0.6) is 0 Å². The Hall–Kier alpha value is -1.30. The predicted molar refractivity (Wildman–Crippen MR) is 74.7 cm³/mol. The van der Waals surface area contributed by atoms with Crippen molar-refractivity contribution in [3.05, 3.63) is 58.1 Å². The minimum Gasteiger partial charge on any atom is -0.271 e. The first-order valence-corrected chi connectivity index (χ1v) is 6.46. The van der Waals surface area contributed by atoms with Gasteiger partial charge in [0.15, 0.2) is 0 Å². The van der Waals surface area contributed by atoms with Gasteiger partial charge in [-0.2, -0.15) is 0 Å². The van der Waals surface area contributed by atoms with Crippen molar-refractivity contribution in [1.82, 2.24) is 15.4 Å². The monoisotopic (exact) mass is 306 g/mol. The van der Waals surface area contributed by atoms with Crippen LogP contribution in [0.1, 0.15) is 22.9 Å². The number of nitrogens with two attached hydrogens (primary N) is 1. The minimum absolute atomic E-state index is 0.0130. The van der Waals surface area contributed by atoms with Crippen molar-refractivity contribution in [3.63, 3.8) is 0 Å². The zero-order valence-electron chi connectivity index (χ0n) is 10.1. The van der Waals surface area contributed by atoms with Crippen LogP contribution in [-0.4, -0.2) is 9.97 Å². The largest absolute Gasteiger partial charge is 0.271 e. The number of pyridine rings is 2. The van der Waals surface area contributed by atoms with E-state index in [0.29, 0.717) is 0 Å². The van der Waals surface area contributed by atoms with Crippen LogP contribution in [0.3, 0.4) is 0 Å². The van der Waals surface area contributed by atoms with E-state index >= 15 is 0 Å². The molecule has 0 aliphatic heterocycles. The van der Waals surface area contributed by atoms with Crippen LogP contribution in [0.15, 0.2) is 41.3 Å². The summed E-state index contributed by atoms with van der Waals surface area (Å²) in [6.07, 6.45) is 6.15. The fourth-order valence-corrected chi connectivity index (χ4v) is 2.21. The van der Waals surface area contributed by atoms with E-state index in [1.54, 1.807) is 12.4 Å². The van der Waals surface area contributed by atoms with E-state index in [9.17, 15) is 0 Å². The van der Waals surface area contributed by atoms with Crippen molar-refractivity contribution < 1.29 is 0 Å². The number of hydrazine groups is 1. The van der Waals surface area contributed by atoms with E-state index in [4.69, 9.17) is 5.84 Å². The SMILES string of the molecule is Cc1ccnc(C(Cc2cncc(Br)c2)NN)c1. The maximum atomic E-state index is 5.62. The summed E-state index contributed by atoms with van der Waals surface area (Å²) < 4.78 is 0.966. The van der Waals surface area contributed by atoms with Crippen molar-refractivity contribution in [2.24, 2.45) is 5.84 Å². The summed E-state index contributed by atoms with van der Waals surface area (Å²) in [6.45, 7) is 2.04. The lowest BCUT2D eigenvalue weighted by Gasteiger charge is -2.15. The standard InChI is InChI=1S/C13H15BrN4/c1-9-2-3-17-12(4-9)13(18-15)6-10-5-11(14)8-16-7-10/h2-5,7-8,13,18H,6,15H2,1H3. The molecule has 0 bridgehead atoms. The zero-order valence-corrected chi connectivity index (χ0v) is 11.7. The highest BCUT2D eigenvalue weighted by Gasteiger charge is 2.12. The normalized spacial score (nSPS) is 12.4. The molecule has 2 rings (SSSR count). The Kier molecular flexibility index (Phi) is 4.41. The second-order valence-electron chi connectivity index (χ2n) is 4.19. The quantitative estimate of drug-likeness (QED) is 0.672. The van der Waals surface area contributed by atoms with Crippen LogP contribution in [0.2, 0.25) is 0 Å². The summed E-state index contributed by atoms with van der Waals surface area (Å²) in [5.41, 5.74) is 6.03. The Morgan fingerprint density at radius 3 is 2.89 bits per heavy atom. The number of hydrogen-bond acceptors (Lipinski definition) is 4. The fourth-order valence-electron chi connectivity index (χ4n) is 1.80. The molecule has 18 heavy (non-hydrogen) atoms. The molecule has 2 aromatic rings. The summed E-state index contributed by atoms with van der Waals surface area (Å²) in [5, 5.41) is 0. The third kappa shape index (κ3) is 3.35. The lowest BCUT2D eigenvalue weighted by molar-refractivity contribution is 0.537. The first kappa shape index (κ1) is 13.1. The molecular weight excluding hydrogens is 292 g/mol. The van der Waals surface area contributed by atoms with Crippen LogP contribution in [0.4, 0.5) is 0 Å². The average molecular weight is 307 g/mol. The fraction of sp³-hybridized carbons (Fsp3) is 0.231. The van der Waals surface area contributed by atoms with Crippen LogP contribution in [0, 0.1) is 6.92 Å². The molecular formula is C13H15BrN4. The lowest BCUT2D eigenvalue weighted by Crippen LogP contribution is -2.30. The first-order chi connectivity index (χ1) is 8.69. The van der Waals surface area contributed by atoms with Crippen LogP contribution < -0.4 is 11.3 Å². The van der Waals surface area contributed by atoms with E-state index in [2.05, 4.69) is 31.3 Å². The molecule has 0 spiro atoms. The third-order valence-electron chi connectivity index (χ3n) is 2.70. The van der Waals surface area contributed by atoms with Crippen molar-refractivity contribution in [2.75, 3.05) is 0 Å². The maximum absolute atomic E-state index is 5.62. The summed E-state index contributed by atoms with van der Waals surface area (Å²) in [4.78, 5) is 8.50. The lowest BCUT2D eigenvalue weighted by atomic mass is 10.0. The van der Waals surface area contributed by atoms with Gasteiger partial charge in [-0.1, -0.05) is 0 Å². The zero-order chi connectivity index (χ0) is 13.0. The van der Waals surface area contributed by atoms with Gasteiger partial charge in [0.2, 0.25) is 0 Å². The van der Waals surface area contributed by atoms with E-state index in [1.807, 2.05) is 31.3 Å². The topological polar surface area (TPSA) is 63.8 Å². The molecule has 2 heterocycles. The Labute approximate surface area is 115 Å². The molecule has 2 aromatic heterocycles. The van der Waals surface area contributed by atoms with Gasteiger partial charge in [-0.15, -0.1) is 0 Å². The molecule has 4 nitrogen and oxygen atoms in total. The molecule has 1 unspecified atom stereocenters. The summed E-state index contributed by atoms with van der Waals surface area (Å²) >= 11 is 3.41. The second-order valence-corrected chi connectivity index (χ2v) is 5.11. The van der Waals surface area contributed by atoms with Gasteiger partial charge in [-0.25, -0.2) is 0 Å². The van der Waals surface area contributed by atoms with Gasteiger partial charge in [0.05, 0.1) is 11.7 Å². The molecule has 0 aromatic carbocycles. The van der Waals surface area contributed by atoms with Crippen molar-refractivity contribution in [1.29, 1.82) is 0 Å². The van der Waals surface area contributed by atoms with Crippen molar-refractivity contribution in [3.8, 4) is 0 Å². The van der Waals surface area contributed by atoms with Gasteiger partial charge in [0, 0.05) is 23.1 Å². The van der Waals surface area contributed by atoms with Gasteiger partial charge in [-0.05, 0) is 58.6 Å². The van der Waals surface area contributed by atoms with Crippen LogP contribution in [-0.2, 0) is 6.42 Å². The highest BCUT2D eigenvalue weighted by atomic mass is 79.9. The maximum Gasteiger partial charge on any atom is 0.0673 e. The first-order valence-electron chi connectivity index (χ1n) is 5.67. The molecule has 5 heteroatoms. The molecule has 3 N–H and O–H groups in total. The number of aromatic nitrogens is 2. The molecule has 94 valence electrons. The van der Waals surface area contributed by atoms with Crippen molar-refractivity contribution in [2.45, 2.75) is 19.4 Å². The average Bonchev–Trinajstić information content (AvgIpc) is 2.36. The number of nitrogens with one attached hydrogen (secondary N) is 1. The second kappa shape index (κ2) is 6.04. The molecule has 0 aliphatic carbocycles. The number of nitrogens with zero attached hydrogens (tertiary/aromatic N) is 2. The van der Waals surface area contributed by atoms with Gasteiger partial charge < -0.3 is 0 Å². The van der Waals surface area contributed by atoms with Crippen LogP contribution >= 0.6 is 15.9 Å². The van der Waals surface area contributed by atoms with E-state index < -0.39 is 0 Å².